The first-order valence-corrected chi connectivity index (χ1v) is 4.75. The van der Waals surface area contributed by atoms with E-state index in [0.29, 0.717) is 11.0 Å². The van der Waals surface area contributed by atoms with E-state index in [-0.39, 0.29) is 5.56 Å². The molecule has 3 rings (SSSR count). The highest BCUT2D eigenvalue weighted by molar-refractivity contribution is 6.04. The van der Waals surface area contributed by atoms with Gasteiger partial charge >= 0.3 is 0 Å². The Labute approximate surface area is 85.5 Å². The molecule has 0 amide bonds. The van der Waals surface area contributed by atoms with Crippen LogP contribution in [0.2, 0.25) is 0 Å². The van der Waals surface area contributed by atoms with Crippen molar-refractivity contribution in [2.24, 2.45) is 7.05 Å². The van der Waals surface area contributed by atoms with Gasteiger partial charge in [-0.15, -0.1) is 0 Å². The molecule has 3 nitrogen and oxygen atoms in total. The van der Waals surface area contributed by atoms with Crippen LogP contribution in [0.5, 0.6) is 0 Å². The van der Waals surface area contributed by atoms with Crippen LogP contribution < -0.4 is 5.56 Å². The van der Waals surface area contributed by atoms with Crippen LogP contribution in [0.3, 0.4) is 0 Å². The summed E-state index contributed by atoms with van der Waals surface area (Å²) in [6.45, 7) is 0. The summed E-state index contributed by atoms with van der Waals surface area (Å²) in [4.78, 5) is 11.8. The van der Waals surface area contributed by atoms with Crippen molar-refractivity contribution in [1.82, 2.24) is 4.74 Å². The number of nitrogens with zero attached hydrogens (tertiary/aromatic N) is 1. The van der Waals surface area contributed by atoms with Crippen molar-refractivity contribution >= 4 is 21.7 Å². The zero-order chi connectivity index (χ0) is 10.4. The second-order valence-electron chi connectivity index (χ2n) is 3.55. The molecule has 0 saturated heterocycles. The second-order valence-corrected chi connectivity index (χ2v) is 3.55. The minimum atomic E-state index is -0.0817. The van der Waals surface area contributed by atoms with Gasteiger partial charge in [-0.25, -0.2) is 0 Å². The molecule has 0 atom stereocenters. The Morgan fingerprint density at radius 1 is 1.13 bits per heavy atom. The van der Waals surface area contributed by atoms with Crippen molar-refractivity contribution in [3.05, 3.63) is 46.8 Å². The average molecular weight is 199 g/mol. The van der Waals surface area contributed by atoms with Crippen molar-refractivity contribution in [2.45, 2.75) is 0 Å². The summed E-state index contributed by atoms with van der Waals surface area (Å²) in [5.74, 6) is 0. The third-order valence-corrected chi connectivity index (χ3v) is 2.63. The van der Waals surface area contributed by atoms with Gasteiger partial charge in [0.1, 0.15) is 0 Å². The third-order valence-electron chi connectivity index (χ3n) is 2.63. The zero-order valence-corrected chi connectivity index (χ0v) is 8.23. The van der Waals surface area contributed by atoms with Crippen molar-refractivity contribution in [2.75, 3.05) is 0 Å². The fourth-order valence-electron chi connectivity index (χ4n) is 1.89. The molecule has 0 bridgehead atoms. The Morgan fingerprint density at radius 2 is 1.93 bits per heavy atom. The number of aromatic nitrogens is 1. The molecule has 1 aromatic heterocycles. The Bertz CT molecular complexity index is 706. The highest BCUT2D eigenvalue weighted by Gasteiger charge is 2.09. The van der Waals surface area contributed by atoms with Gasteiger partial charge in [0, 0.05) is 7.05 Å². The smallest absolute Gasteiger partial charge is 0.290 e. The van der Waals surface area contributed by atoms with Gasteiger partial charge in [-0.05, 0) is 16.8 Å². The topological polar surface area (TPSA) is 35.1 Å². The molecule has 3 heteroatoms. The van der Waals surface area contributed by atoms with Gasteiger partial charge in [-0.2, -0.15) is 4.74 Å². The molecule has 0 saturated carbocycles. The van der Waals surface area contributed by atoms with Crippen molar-refractivity contribution in [3.63, 3.8) is 0 Å². The highest BCUT2D eigenvalue weighted by atomic mass is 16.5. The predicted molar refractivity (Wildman–Crippen MR) is 59.0 cm³/mol. The number of hydrogen-bond donors (Lipinski definition) is 0. The first-order valence-electron chi connectivity index (χ1n) is 4.75. The maximum absolute atomic E-state index is 11.8. The van der Waals surface area contributed by atoms with Gasteiger partial charge in [0.2, 0.25) is 0 Å². The zero-order valence-electron chi connectivity index (χ0n) is 8.23. The molecule has 15 heavy (non-hydrogen) atoms. The molecular formula is C12H9NO2. The third kappa shape index (κ3) is 1.03. The lowest BCUT2D eigenvalue weighted by atomic mass is 10.1. The molecule has 0 spiro atoms. The lowest BCUT2D eigenvalue weighted by Crippen LogP contribution is -2.09. The second kappa shape index (κ2) is 2.73. The molecule has 0 unspecified atom stereocenters. The molecule has 0 N–H and O–H groups in total. The maximum atomic E-state index is 11.8. The quantitative estimate of drug-likeness (QED) is 0.556. The van der Waals surface area contributed by atoms with Gasteiger partial charge in [0.25, 0.3) is 5.56 Å². The Morgan fingerprint density at radius 3 is 2.80 bits per heavy atom. The van der Waals surface area contributed by atoms with Crippen molar-refractivity contribution < 1.29 is 4.52 Å². The van der Waals surface area contributed by atoms with Gasteiger partial charge < -0.3 is 4.52 Å². The van der Waals surface area contributed by atoms with Crippen molar-refractivity contribution in [3.8, 4) is 0 Å². The van der Waals surface area contributed by atoms with Crippen molar-refractivity contribution in [1.29, 1.82) is 0 Å². The van der Waals surface area contributed by atoms with E-state index in [1.807, 2.05) is 36.4 Å². The van der Waals surface area contributed by atoms with Crippen LogP contribution >= 0.6 is 0 Å². The van der Waals surface area contributed by atoms with Crippen LogP contribution in [-0.4, -0.2) is 4.74 Å². The van der Waals surface area contributed by atoms with Gasteiger partial charge in [0.15, 0.2) is 5.58 Å². The summed E-state index contributed by atoms with van der Waals surface area (Å²) in [5, 5.41) is 2.67. The summed E-state index contributed by atoms with van der Waals surface area (Å²) in [5.41, 5.74) is 0.558. The van der Waals surface area contributed by atoms with Crippen LogP contribution in [-0.2, 0) is 7.05 Å². The summed E-state index contributed by atoms with van der Waals surface area (Å²) in [6, 6.07) is 11.6. The molecular weight excluding hydrogens is 190 g/mol. The summed E-state index contributed by atoms with van der Waals surface area (Å²) >= 11 is 0. The molecule has 3 aromatic rings. The van der Waals surface area contributed by atoms with Crippen LogP contribution in [0, 0.1) is 0 Å². The van der Waals surface area contributed by atoms with E-state index in [1.165, 1.54) is 4.74 Å². The molecule has 0 aliphatic heterocycles. The van der Waals surface area contributed by atoms with Gasteiger partial charge in [-0.3, -0.25) is 4.79 Å². The average Bonchev–Trinajstić information content (AvgIpc) is 2.55. The lowest BCUT2D eigenvalue weighted by molar-refractivity contribution is 0.324. The summed E-state index contributed by atoms with van der Waals surface area (Å²) < 4.78 is 6.57. The SMILES string of the molecule is Cn1oc2ccc3ccccc3c2c1=O. The van der Waals surface area contributed by atoms with Crippen LogP contribution in [0.25, 0.3) is 21.7 Å². The van der Waals surface area contributed by atoms with E-state index in [0.717, 1.165) is 10.8 Å². The van der Waals surface area contributed by atoms with E-state index < -0.39 is 0 Å². The monoisotopic (exact) mass is 199 g/mol. The maximum Gasteiger partial charge on any atom is 0.290 e. The largest absolute Gasteiger partial charge is 0.376 e. The Hall–Kier alpha value is -2.03. The summed E-state index contributed by atoms with van der Waals surface area (Å²) in [6.07, 6.45) is 0. The molecule has 0 radical (unpaired) electrons. The molecule has 0 aliphatic carbocycles. The number of fused-ring (bicyclic) bond motifs is 3. The first kappa shape index (κ1) is 8.29. The number of hydrogen-bond acceptors (Lipinski definition) is 2. The van der Waals surface area contributed by atoms with E-state index in [9.17, 15) is 4.79 Å². The lowest BCUT2D eigenvalue weighted by Gasteiger charge is -1.95. The van der Waals surface area contributed by atoms with E-state index >= 15 is 0 Å². The number of aryl methyl sites for hydroxylation is 1. The predicted octanol–water partition coefficient (Wildman–Crippen LogP) is 2.28. The molecule has 74 valence electrons. The van der Waals surface area contributed by atoms with E-state index in [1.54, 1.807) is 7.05 Å². The number of rotatable bonds is 0. The fraction of sp³-hybridized carbons (Fsp3) is 0.0833. The van der Waals surface area contributed by atoms with E-state index in [4.69, 9.17) is 4.52 Å². The Balaban J connectivity index is 2.70. The van der Waals surface area contributed by atoms with Crippen LogP contribution in [0.4, 0.5) is 0 Å². The molecule has 0 fully saturated rings. The normalized spacial score (nSPS) is 11.3. The standard InChI is InChI=1S/C12H9NO2/c1-13-12(14)11-9-5-3-2-4-8(9)6-7-10(11)15-13/h2-7H,1H3. The first-order chi connectivity index (χ1) is 7.27. The Kier molecular flexibility index (Phi) is 1.51. The number of benzene rings is 2. The highest BCUT2D eigenvalue weighted by Crippen LogP contribution is 2.22. The van der Waals surface area contributed by atoms with Gasteiger partial charge in [0.05, 0.1) is 5.39 Å². The van der Waals surface area contributed by atoms with Crippen LogP contribution in [0.15, 0.2) is 45.7 Å². The molecule has 2 aromatic carbocycles. The minimum absolute atomic E-state index is 0.0817. The molecule has 0 aliphatic rings. The minimum Gasteiger partial charge on any atom is -0.376 e. The van der Waals surface area contributed by atoms with E-state index in [2.05, 4.69) is 0 Å². The van der Waals surface area contributed by atoms with Crippen LogP contribution in [0.1, 0.15) is 0 Å². The fourth-order valence-corrected chi connectivity index (χ4v) is 1.89. The molecule has 1 heterocycles. The summed E-state index contributed by atoms with van der Waals surface area (Å²) in [7, 11) is 1.62. The van der Waals surface area contributed by atoms with Gasteiger partial charge in [-0.1, -0.05) is 30.3 Å².